The number of carbonyl (C=O) groups excluding carboxylic acids is 3. The van der Waals surface area contributed by atoms with Crippen molar-refractivity contribution in [1.29, 1.82) is 0 Å². The van der Waals surface area contributed by atoms with Gasteiger partial charge in [-0.3, -0.25) is 19.3 Å². The van der Waals surface area contributed by atoms with Crippen LogP contribution in [0.4, 0.5) is 17.1 Å². The van der Waals surface area contributed by atoms with E-state index in [-0.39, 0.29) is 30.1 Å². The number of imide groups is 1. The lowest BCUT2D eigenvalue weighted by molar-refractivity contribution is -0.147. The Bertz CT molecular complexity index is 982. The maximum atomic E-state index is 13.0. The molecule has 2 aromatic rings. The van der Waals surface area contributed by atoms with Crippen molar-refractivity contribution >= 4 is 34.8 Å². The van der Waals surface area contributed by atoms with E-state index in [9.17, 15) is 14.4 Å². The normalized spacial score (nSPS) is 20.5. The molecule has 2 aliphatic heterocycles. The molecule has 2 amide bonds. The molecule has 0 N–H and O–H groups in total. The lowest BCUT2D eigenvalue weighted by Gasteiger charge is -2.33. The summed E-state index contributed by atoms with van der Waals surface area (Å²) in [6, 6.07) is 15.8. The lowest BCUT2D eigenvalue weighted by atomic mass is 9.95. The van der Waals surface area contributed by atoms with Crippen molar-refractivity contribution in [3.05, 3.63) is 54.6 Å². The molecule has 0 bridgehead atoms. The molecule has 0 spiro atoms. The highest BCUT2D eigenvalue weighted by molar-refractivity contribution is 6.22. The number of ether oxygens (including phenoxy) is 1. The van der Waals surface area contributed by atoms with Gasteiger partial charge in [0, 0.05) is 0 Å². The summed E-state index contributed by atoms with van der Waals surface area (Å²) in [5.41, 5.74) is 1.91. The Hall–Kier alpha value is -3.39. The minimum Gasteiger partial charge on any atom is -0.469 e. The number of amides is 2. The molecule has 8 heteroatoms. The molecule has 2 aromatic carbocycles. The van der Waals surface area contributed by atoms with Gasteiger partial charge in [-0.15, -0.1) is 0 Å². The van der Waals surface area contributed by atoms with E-state index in [4.69, 9.17) is 4.74 Å². The monoisotopic (exact) mass is 420 g/mol. The molecule has 2 aliphatic rings. The Morgan fingerprint density at radius 1 is 0.935 bits per heavy atom. The number of anilines is 1. The van der Waals surface area contributed by atoms with Crippen LogP contribution in [0.15, 0.2) is 64.8 Å². The van der Waals surface area contributed by atoms with Gasteiger partial charge in [-0.25, -0.2) is 4.90 Å². The SMILES string of the molecule is COC(=O)C1CCN(C2CC(=O)N(c3ccc(N=Nc4ccccc4)cc3)C2=O)CC1. The topological polar surface area (TPSA) is 91.6 Å². The Labute approximate surface area is 180 Å². The van der Waals surface area contributed by atoms with Crippen LogP contribution in [-0.4, -0.2) is 48.9 Å². The minimum atomic E-state index is -0.483. The maximum absolute atomic E-state index is 13.0. The summed E-state index contributed by atoms with van der Waals surface area (Å²) in [6.45, 7) is 1.19. The van der Waals surface area contributed by atoms with Gasteiger partial charge in [-0.2, -0.15) is 10.2 Å². The molecule has 0 aromatic heterocycles. The molecule has 2 heterocycles. The molecule has 1 atom stereocenters. The summed E-state index contributed by atoms with van der Waals surface area (Å²) < 4.78 is 4.81. The molecule has 0 radical (unpaired) electrons. The Kier molecular flexibility index (Phi) is 6.18. The van der Waals surface area contributed by atoms with Crippen LogP contribution in [0.3, 0.4) is 0 Å². The van der Waals surface area contributed by atoms with Gasteiger partial charge in [0.2, 0.25) is 5.91 Å². The van der Waals surface area contributed by atoms with Crippen molar-refractivity contribution in [2.45, 2.75) is 25.3 Å². The summed E-state index contributed by atoms with van der Waals surface area (Å²) in [6.07, 6.45) is 1.41. The largest absolute Gasteiger partial charge is 0.469 e. The van der Waals surface area contributed by atoms with Crippen LogP contribution in [0.2, 0.25) is 0 Å². The number of hydrogen-bond acceptors (Lipinski definition) is 7. The van der Waals surface area contributed by atoms with Crippen LogP contribution in [0, 0.1) is 5.92 Å². The molecule has 0 aliphatic carbocycles. The molecule has 160 valence electrons. The van der Waals surface area contributed by atoms with Crippen LogP contribution >= 0.6 is 0 Å². The molecule has 0 saturated carbocycles. The first kappa shape index (κ1) is 20.9. The van der Waals surface area contributed by atoms with Gasteiger partial charge in [0.1, 0.15) is 0 Å². The summed E-state index contributed by atoms with van der Waals surface area (Å²) in [5, 5.41) is 8.36. The van der Waals surface area contributed by atoms with E-state index < -0.39 is 6.04 Å². The van der Waals surface area contributed by atoms with Gasteiger partial charge in [0.15, 0.2) is 0 Å². The van der Waals surface area contributed by atoms with Crippen LogP contribution < -0.4 is 4.90 Å². The highest BCUT2D eigenvalue weighted by atomic mass is 16.5. The average molecular weight is 420 g/mol. The Morgan fingerprint density at radius 2 is 1.55 bits per heavy atom. The number of rotatable bonds is 5. The Morgan fingerprint density at radius 3 is 2.16 bits per heavy atom. The fraction of sp³-hybridized carbons (Fsp3) is 0.348. The maximum Gasteiger partial charge on any atom is 0.308 e. The van der Waals surface area contributed by atoms with Gasteiger partial charge in [0.05, 0.1) is 42.6 Å². The standard InChI is InChI=1S/C23H24N4O4/c1-31-23(30)16-11-13-26(14-12-16)20-15-21(28)27(22(20)29)19-9-7-18(8-10-19)25-24-17-5-3-2-4-6-17/h2-10,16,20H,11-15H2,1H3. The zero-order chi connectivity index (χ0) is 21.8. The van der Waals surface area contributed by atoms with Gasteiger partial charge in [0.25, 0.3) is 5.91 Å². The van der Waals surface area contributed by atoms with Crippen molar-refractivity contribution in [2.75, 3.05) is 25.1 Å². The van der Waals surface area contributed by atoms with E-state index in [1.165, 1.54) is 12.0 Å². The smallest absolute Gasteiger partial charge is 0.308 e. The lowest BCUT2D eigenvalue weighted by Crippen LogP contribution is -2.46. The number of azo groups is 1. The summed E-state index contributed by atoms with van der Waals surface area (Å²) in [4.78, 5) is 40.6. The molecule has 4 rings (SSSR count). The molecule has 8 nitrogen and oxygen atoms in total. The first-order valence-corrected chi connectivity index (χ1v) is 10.3. The quantitative estimate of drug-likeness (QED) is 0.419. The van der Waals surface area contributed by atoms with Crippen LogP contribution in [-0.2, 0) is 19.1 Å². The highest BCUT2D eigenvalue weighted by Gasteiger charge is 2.43. The molecular formula is C23H24N4O4. The number of hydrogen-bond donors (Lipinski definition) is 0. The molecule has 31 heavy (non-hydrogen) atoms. The van der Waals surface area contributed by atoms with Crippen molar-refractivity contribution in [3.63, 3.8) is 0 Å². The zero-order valence-corrected chi connectivity index (χ0v) is 17.3. The van der Waals surface area contributed by atoms with Crippen molar-refractivity contribution < 1.29 is 19.1 Å². The second-order valence-electron chi connectivity index (χ2n) is 7.67. The zero-order valence-electron chi connectivity index (χ0n) is 17.3. The average Bonchev–Trinajstić information content (AvgIpc) is 3.12. The number of piperidine rings is 1. The van der Waals surface area contributed by atoms with Gasteiger partial charge in [-0.1, -0.05) is 18.2 Å². The summed E-state index contributed by atoms with van der Waals surface area (Å²) in [5.74, 6) is -0.786. The van der Waals surface area contributed by atoms with Crippen LogP contribution in [0.25, 0.3) is 0 Å². The third kappa shape index (κ3) is 4.54. The fourth-order valence-corrected chi connectivity index (χ4v) is 4.06. The fourth-order valence-electron chi connectivity index (χ4n) is 4.06. The van der Waals surface area contributed by atoms with E-state index in [1.54, 1.807) is 24.3 Å². The Balaban J connectivity index is 1.41. The van der Waals surface area contributed by atoms with Crippen molar-refractivity contribution in [1.82, 2.24) is 4.90 Å². The second kappa shape index (κ2) is 9.18. The summed E-state index contributed by atoms with van der Waals surface area (Å²) >= 11 is 0. The first-order valence-electron chi connectivity index (χ1n) is 10.3. The van der Waals surface area contributed by atoms with Crippen LogP contribution in [0.1, 0.15) is 19.3 Å². The number of likely N-dealkylation sites (tertiary alicyclic amines) is 1. The van der Waals surface area contributed by atoms with Gasteiger partial charge in [-0.05, 0) is 62.3 Å². The van der Waals surface area contributed by atoms with E-state index in [2.05, 4.69) is 10.2 Å². The molecular weight excluding hydrogens is 396 g/mol. The minimum absolute atomic E-state index is 0.137. The number of nitrogens with zero attached hydrogens (tertiary/aromatic N) is 4. The summed E-state index contributed by atoms with van der Waals surface area (Å²) in [7, 11) is 1.39. The number of methoxy groups -OCH3 is 1. The predicted octanol–water partition coefficient (Wildman–Crippen LogP) is 3.62. The van der Waals surface area contributed by atoms with Gasteiger partial charge >= 0.3 is 5.97 Å². The van der Waals surface area contributed by atoms with E-state index in [0.29, 0.717) is 37.3 Å². The second-order valence-corrected chi connectivity index (χ2v) is 7.67. The van der Waals surface area contributed by atoms with Crippen molar-refractivity contribution in [2.24, 2.45) is 16.1 Å². The third-order valence-electron chi connectivity index (χ3n) is 5.77. The van der Waals surface area contributed by atoms with E-state index in [1.807, 2.05) is 35.2 Å². The number of benzene rings is 2. The van der Waals surface area contributed by atoms with E-state index >= 15 is 0 Å². The van der Waals surface area contributed by atoms with Gasteiger partial charge < -0.3 is 4.74 Å². The number of carbonyl (C=O) groups is 3. The highest BCUT2D eigenvalue weighted by Crippen LogP contribution is 2.30. The third-order valence-corrected chi connectivity index (χ3v) is 5.77. The first-order chi connectivity index (χ1) is 15.1. The van der Waals surface area contributed by atoms with Crippen molar-refractivity contribution in [3.8, 4) is 0 Å². The van der Waals surface area contributed by atoms with Crippen LogP contribution in [0.5, 0.6) is 0 Å². The molecule has 1 unspecified atom stereocenters. The molecule has 2 fully saturated rings. The molecule has 2 saturated heterocycles. The van der Waals surface area contributed by atoms with E-state index in [0.717, 1.165) is 5.69 Å². The predicted molar refractivity (Wildman–Crippen MR) is 114 cm³/mol. The number of esters is 1.